The van der Waals surface area contributed by atoms with Gasteiger partial charge in [-0.3, -0.25) is 4.90 Å². The molecule has 2 unspecified atom stereocenters. The Bertz CT molecular complexity index is 2050. The van der Waals surface area contributed by atoms with Crippen LogP contribution in [0.3, 0.4) is 0 Å². The Hall–Kier alpha value is 1.96. The fourth-order valence-electron chi connectivity index (χ4n) is 17.3. The first-order chi connectivity index (χ1) is 48.7. The standard InChI is InChI=1S/C30H63N4.C30H61N4.C8H17N.C6H12Cl3N.C2F6NO4S2.5ClH.Li/c2*1-4-7-19-32(22-10-11-23-32)28-16-31(17-29-33(20-8-5-2)24-12-13-25-33)18-30-34(21-9-6-3)26-14-15-27-34;1-2-3-6-9-7-4-5-8-9;7-1-4-10(5-2-8)6-3-9;3-1(4,5)14(10,11)9-15(12,13)2(6,7)8;;;;;;/h4-30H2,1-3H3;22,24H,4-21,23,25-30H2,1-3H3;2-8H2,1H3;1-6H2;;5*1H;/q+3;+1;;;-1;;;;;;+1/p-3. The zero-order valence-corrected chi connectivity index (χ0v) is 76.6. The van der Waals surface area contributed by atoms with Crippen LogP contribution < -0.4 is 90.7 Å². The third-order valence-electron chi connectivity index (χ3n) is 24.2. The van der Waals surface area contributed by atoms with Crippen LogP contribution in [-0.2, 0) is 20.0 Å². The molecule has 7 rings (SSSR count). The van der Waals surface area contributed by atoms with Gasteiger partial charge in [0.25, 0.3) is 0 Å². The van der Waals surface area contributed by atoms with Crippen LogP contribution in [0.2, 0.25) is 0 Å². The summed E-state index contributed by atoms with van der Waals surface area (Å²) in [4.78, 5) is 8.87. The minimum absolute atomic E-state index is 0. The maximum atomic E-state index is 11.4. The molecule has 32 heteroatoms. The van der Waals surface area contributed by atoms with Gasteiger partial charge in [-0.15, -0.1) is 60.7 Å². The van der Waals surface area contributed by atoms with Gasteiger partial charge in [0.2, 0.25) is 0 Å². The van der Waals surface area contributed by atoms with Crippen LogP contribution in [-0.4, -0.2) is 305 Å². The fraction of sp³-hybridized carbons (Fsp3) is 0.974. The molecule has 0 aromatic heterocycles. The smallest absolute Gasteiger partial charge is 1.00 e. The van der Waals surface area contributed by atoms with Crippen molar-refractivity contribution in [2.24, 2.45) is 0 Å². The van der Waals surface area contributed by atoms with Gasteiger partial charge in [-0.05, 0) is 90.3 Å². The Balaban J connectivity index is -0.000000679. The molecule has 7 heterocycles. The van der Waals surface area contributed by atoms with Crippen LogP contribution in [0.5, 0.6) is 0 Å². The van der Waals surface area contributed by atoms with Crippen molar-refractivity contribution >= 4 is 54.8 Å². The summed E-state index contributed by atoms with van der Waals surface area (Å²) in [6, 6.07) is 0. The van der Waals surface area contributed by atoms with E-state index in [2.05, 4.69) is 71.4 Å². The zero-order chi connectivity index (χ0) is 75.4. The van der Waals surface area contributed by atoms with Gasteiger partial charge in [-0.25, -0.2) is 16.8 Å². The van der Waals surface area contributed by atoms with Crippen LogP contribution >= 0.6 is 34.8 Å². The Labute approximate surface area is 716 Å². The summed E-state index contributed by atoms with van der Waals surface area (Å²) in [5.74, 6) is 2.05. The van der Waals surface area contributed by atoms with Crippen molar-refractivity contribution in [1.29, 1.82) is 0 Å². The normalized spacial score (nSPS) is 21.3. The quantitative estimate of drug-likeness (QED) is 0.0210. The molecule has 0 amide bonds. The van der Waals surface area contributed by atoms with Crippen molar-refractivity contribution in [2.45, 2.75) is 239 Å². The summed E-state index contributed by atoms with van der Waals surface area (Å²) in [7, 11) is -13.4. The molecule has 0 saturated carbocycles. The van der Waals surface area contributed by atoms with Crippen molar-refractivity contribution in [2.75, 3.05) is 240 Å². The molecular formula is C76H155Cl8F6LiN11O4S2+. The minimum atomic E-state index is -6.72. The van der Waals surface area contributed by atoms with E-state index in [-0.39, 0.29) is 80.9 Å². The Morgan fingerprint density at radius 2 is 0.639 bits per heavy atom. The largest absolute Gasteiger partial charge is 1.00 e. The first kappa shape index (κ1) is 116. The number of halogens is 14. The minimum Gasteiger partial charge on any atom is -1.00 e. The van der Waals surface area contributed by atoms with Crippen LogP contribution in [0, 0.1) is 13.1 Å². The summed E-state index contributed by atoms with van der Waals surface area (Å²) >= 11 is 16.7. The van der Waals surface area contributed by atoms with Gasteiger partial charge in [-0.1, -0.05) is 93.4 Å². The van der Waals surface area contributed by atoms with E-state index in [9.17, 15) is 43.2 Å². The Kier molecular flexibility index (Phi) is 67.8. The number of alkyl halides is 9. The second-order valence-electron chi connectivity index (χ2n) is 32.0. The average molecular weight is 1760 g/mol. The van der Waals surface area contributed by atoms with E-state index in [0.717, 1.165) is 23.8 Å². The van der Waals surface area contributed by atoms with E-state index < -0.39 is 31.1 Å². The van der Waals surface area contributed by atoms with Gasteiger partial charge < -0.3 is 108 Å². The maximum absolute atomic E-state index is 11.4. The first-order valence-corrected chi connectivity index (χ1v) is 46.1. The van der Waals surface area contributed by atoms with Gasteiger partial charge >= 0.3 is 29.9 Å². The van der Waals surface area contributed by atoms with Crippen LogP contribution in [0.25, 0.3) is 4.13 Å². The molecule has 0 spiro atoms. The Morgan fingerprint density at radius 3 is 0.898 bits per heavy atom. The number of rotatable bonds is 47. The molecule has 7 saturated heterocycles. The van der Waals surface area contributed by atoms with E-state index in [1.54, 1.807) is 0 Å². The monoisotopic (exact) mass is 1750 g/mol. The van der Waals surface area contributed by atoms with Crippen molar-refractivity contribution < 1.29 is 161 Å². The maximum Gasteiger partial charge on any atom is 1.00 e. The predicted molar refractivity (Wildman–Crippen MR) is 416 cm³/mol. The molecule has 648 valence electrons. The molecule has 0 aromatic rings. The molecule has 2 N–H and O–H groups in total. The summed E-state index contributed by atoms with van der Waals surface area (Å²) in [5, 5.41) is 0. The molecule has 0 radical (unpaired) electrons. The second-order valence-corrected chi connectivity index (χ2v) is 36.6. The summed E-state index contributed by atoms with van der Waals surface area (Å²) in [6.07, 6.45) is 39.5. The Morgan fingerprint density at radius 1 is 0.370 bits per heavy atom. The van der Waals surface area contributed by atoms with E-state index in [1.165, 1.54) is 414 Å². The zero-order valence-electron chi connectivity index (χ0n) is 68.9. The number of sulfonamides is 2. The molecule has 0 bridgehead atoms. The van der Waals surface area contributed by atoms with E-state index in [1.807, 2.05) is 4.90 Å². The molecule has 0 aromatic carbocycles. The van der Waals surface area contributed by atoms with Gasteiger partial charge in [-0.2, -0.15) is 26.3 Å². The molecule has 2 atom stereocenters. The SMILES string of the molecule is CCCCN1CCCC1.CCCC[N+]1(CCN(CC[N+]2(CCCC)[CH-]CCC2)CC[N+]2(CCCC)CCCC2)[CH-]CCC1.CCCC[N+]1(CC[NH+](CC[N+]2(CCCC)CCCC2)CC[N+]2(CCCC)CCCC2)CCCC1.ClCC[NH+](CCCl)CCCl.O=S(=O)([N-]S(=O)(=O)C(F)(F)F)C(F)(F)F.[Cl-].[Cl-].[Cl-].[Cl-].[Cl-].[Li+]. The molecule has 15 nitrogen and oxygen atoms in total. The number of quaternary nitrogens is 8. The van der Waals surface area contributed by atoms with Gasteiger partial charge in [0, 0.05) is 71.0 Å². The second kappa shape index (κ2) is 63.0. The van der Waals surface area contributed by atoms with E-state index in [4.69, 9.17) is 34.8 Å². The topological polar surface area (TPSA) is 97.7 Å². The first-order valence-electron chi connectivity index (χ1n) is 41.6. The summed E-state index contributed by atoms with van der Waals surface area (Å²) < 4.78 is 118. The summed E-state index contributed by atoms with van der Waals surface area (Å²) in [5.41, 5.74) is -12.4. The molecule has 7 aliphatic heterocycles. The van der Waals surface area contributed by atoms with E-state index >= 15 is 0 Å². The van der Waals surface area contributed by atoms with Crippen molar-refractivity contribution in [1.82, 2.24) is 9.80 Å². The average Bonchev–Trinajstić information content (AvgIpc) is 1.13. The van der Waals surface area contributed by atoms with Gasteiger partial charge in [0.1, 0.15) is 39.3 Å². The van der Waals surface area contributed by atoms with Gasteiger partial charge in [0.15, 0.2) is 20.0 Å². The van der Waals surface area contributed by atoms with E-state index in [0.29, 0.717) is 17.6 Å². The van der Waals surface area contributed by atoms with Gasteiger partial charge in [0.05, 0.1) is 162 Å². The number of unbranched alkanes of at least 4 members (excludes halogenated alkanes) is 7. The number of hydrogen-bond acceptors (Lipinski definition) is 6. The van der Waals surface area contributed by atoms with Crippen molar-refractivity contribution in [3.8, 4) is 0 Å². The number of nitrogens with zero attached hydrogens (tertiary/aromatic N) is 9. The molecule has 7 fully saturated rings. The predicted octanol–water partition coefficient (Wildman–Crippen LogP) is -4.50. The number of hydrogen-bond donors (Lipinski definition) is 2. The molecule has 7 aliphatic rings. The fourth-order valence-corrected chi connectivity index (χ4v) is 19.8. The third kappa shape index (κ3) is 44.8. The molecule has 108 heavy (non-hydrogen) atoms. The van der Waals surface area contributed by atoms with Crippen LogP contribution in [0.4, 0.5) is 26.3 Å². The molecule has 0 aliphatic carbocycles. The van der Waals surface area contributed by atoms with Crippen molar-refractivity contribution in [3.05, 3.63) is 17.2 Å². The van der Waals surface area contributed by atoms with Crippen LogP contribution in [0.1, 0.15) is 228 Å². The number of likely N-dealkylation sites (tertiary alicyclic amines) is 7. The molecular weight excluding hydrogens is 1600 g/mol. The van der Waals surface area contributed by atoms with Crippen LogP contribution in [0.15, 0.2) is 0 Å². The van der Waals surface area contributed by atoms with Crippen molar-refractivity contribution in [3.63, 3.8) is 0 Å². The summed E-state index contributed by atoms with van der Waals surface area (Å²) in [6.45, 7) is 68.6. The third-order valence-corrected chi connectivity index (χ3v) is 27.5. The number of nitrogens with one attached hydrogen (secondary N) is 2.